The van der Waals surface area contributed by atoms with Crippen molar-refractivity contribution in [1.82, 2.24) is 15.1 Å². The molecule has 2 amide bonds. The van der Waals surface area contributed by atoms with E-state index < -0.39 is 0 Å². The van der Waals surface area contributed by atoms with Crippen LogP contribution in [0.15, 0.2) is 54.6 Å². The van der Waals surface area contributed by atoms with Crippen LogP contribution in [0.4, 0.5) is 0 Å². The fraction of sp³-hybridized carbons (Fsp3) is 0.391. The second-order valence-electron chi connectivity index (χ2n) is 7.64. The van der Waals surface area contributed by atoms with Crippen molar-refractivity contribution in [2.24, 2.45) is 0 Å². The van der Waals surface area contributed by atoms with Gasteiger partial charge in [0.05, 0.1) is 0 Å². The highest BCUT2D eigenvalue weighted by Crippen LogP contribution is 2.16. The Morgan fingerprint density at radius 2 is 1.93 bits per heavy atom. The average molecular weight is 396 g/mol. The number of hydrogen-bond donors (Lipinski definition) is 1. The Hall–Kier alpha value is -2.86. The van der Waals surface area contributed by atoms with Gasteiger partial charge in [-0.25, -0.2) is 0 Å². The third-order valence-electron chi connectivity index (χ3n) is 5.05. The Morgan fingerprint density at radius 3 is 2.69 bits per heavy atom. The van der Waals surface area contributed by atoms with Crippen molar-refractivity contribution in [3.8, 4) is 5.75 Å². The molecule has 1 saturated heterocycles. The summed E-state index contributed by atoms with van der Waals surface area (Å²) in [7, 11) is 3.36. The van der Waals surface area contributed by atoms with Gasteiger partial charge in [0.1, 0.15) is 5.75 Å². The van der Waals surface area contributed by atoms with Crippen molar-refractivity contribution in [1.29, 1.82) is 0 Å². The lowest BCUT2D eigenvalue weighted by Gasteiger charge is -2.33. The summed E-state index contributed by atoms with van der Waals surface area (Å²) in [5.41, 5.74) is 1.83. The molecular weight excluding hydrogens is 366 g/mol. The van der Waals surface area contributed by atoms with Crippen molar-refractivity contribution >= 4 is 11.8 Å². The van der Waals surface area contributed by atoms with Gasteiger partial charge in [-0.15, -0.1) is 0 Å². The van der Waals surface area contributed by atoms with Gasteiger partial charge in [-0.1, -0.05) is 36.4 Å². The molecular formula is C23H29N3O3. The largest absolute Gasteiger partial charge is 0.484 e. The van der Waals surface area contributed by atoms with Gasteiger partial charge >= 0.3 is 0 Å². The number of nitrogens with one attached hydrogen (secondary N) is 1. The van der Waals surface area contributed by atoms with E-state index in [1.165, 1.54) is 10.5 Å². The summed E-state index contributed by atoms with van der Waals surface area (Å²) in [6.07, 6.45) is 2.04. The molecule has 1 fully saturated rings. The van der Waals surface area contributed by atoms with Crippen molar-refractivity contribution in [3.63, 3.8) is 0 Å². The molecule has 1 atom stereocenters. The average Bonchev–Trinajstić information content (AvgIpc) is 2.73. The zero-order chi connectivity index (χ0) is 20.6. The number of piperidine rings is 1. The lowest BCUT2D eigenvalue weighted by atomic mass is 10.0. The first-order valence-electron chi connectivity index (χ1n) is 10.0. The van der Waals surface area contributed by atoms with Gasteiger partial charge in [0.2, 0.25) is 0 Å². The van der Waals surface area contributed by atoms with E-state index in [9.17, 15) is 9.59 Å². The summed E-state index contributed by atoms with van der Waals surface area (Å²) in [5.74, 6) is 0.281. The van der Waals surface area contributed by atoms with E-state index in [2.05, 4.69) is 34.5 Å². The van der Waals surface area contributed by atoms with Crippen molar-refractivity contribution < 1.29 is 14.3 Å². The molecule has 1 heterocycles. The zero-order valence-corrected chi connectivity index (χ0v) is 17.1. The fourth-order valence-electron chi connectivity index (χ4n) is 3.43. The van der Waals surface area contributed by atoms with Gasteiger partial charge in [0, 0.05) is 38.8 Å². The SMILES string of the molecule is CN(C)C(=O)COc1cccc(C(=O)NC2CCCN(Cc3ccccc3)C2)c1. The first kappa shape index (κ1) is 20.9. The summed E-state index contributed by atoms with van der Waals surface area (Å²) >= 11 is 0. The summed E-state index contributed by atoms with van der Waals surface area (Å²) in [4.78, 5) is 28.3. The number of rotatable bonds is 7. The molecule has 3 rings (SSSR count). The topological polar surface area (TPSA) is 61.9 Å². The van der Waals surface area contributed by atoms with E-state index in [1.807, 2.05) is 6.07 Å². The van der Waals surface area contributed by atoms with E-state index in [4.69, 9.17) is 4.74 Å². The van der Waals surface area contributed by atoms with Crippen LogP contribution in [-0.4, -0.2) is 61.4 Å². The van der Waals surface area contributed by atoms with Crippen molar-refractivity contribution in [2.45, 2.75) is 25.4 Å². The lowest BCUT2D eigenvalue weighted by molar-refractivity contribution is -0.130. The summed E-state index contributed by atoms with van der Waals surface area (Å²) in [6.45, 7) is 2.74. The second kappa shape index (κ2) is 10.1. The molecule has 6 heteroatoms. The molecule has 1 aliphatic heterocycles. The molecule has 1 unspecified atom stereocenters. The monoisotopic (exact) mass is 395 g/mol. The van der Waals surface area contributed by atoms with Gasteiger partial charge in [-0.2, -0.15) is 0 Å². The molecule has 2 aromatic carbocycles. The number of amides is 2. The smallest absolute Gasteiger partial charge is 0.259 e. The predicted octanol–water partition coefficient (Wildman–Crippen LogP) is 2.55. The highest BCUT2D eigenvalue weighted by molar-refractivity contribution is 5.94. The molecule has 0 spiro atoms. The van der Waals surface area contributed by atoms with Gasteiger partial charge in [0.15, 0.2) is 6.61 Å². The molecule has 0 bridgehead atoms. The quantitative estimate of drug-likeness (QED) is 0.783. The van der Waals surface area contributed by atoms with Crippen molar-refractivity contribution in [3.05, 3.63) is 65.7 Å². The number of nitrogens with zero attached hydrogens (tertiary/aromatic N) is 2. The lowest BCUT2D eigenvalue weighted by Crippen LogP contribution is -2.47. The van der Waals surface area contributed by atoms with E-state index in [0.29, 0.717) is 11.3 Å². The Morgan fingerprint density at radius 1 is 1.14 bits per heavy atom. The maximum absolute atomic E-state index is 12.7. The maximum Gasteiger partial charge on any atom is 0.259 e. The van der Waals surface area contributed by atoms with Crippen LogP contribution in [0.1, 0.15) is 28.8 Å². The van der Waals surface area contributed by atoms with Crippen LogP contribution in [-0.2, 0) is 11.3 Å². The molecule has 1 N–H and O–H groups in total. The predicted molar refractivity (Wildman–Crippen MR) is 113 cm³/mol. The van der Waals surface area contributed by atoms with E-state index in [0.717, 1.165) is 32.5 Å². The van der Waals surface area contributed by atoms with Crippen LogP contribution in [0.25, 0.3) is 0 Å². The first-order chi connectivity index (χ1) is 14.0. The Balaban J connectivity index is 1.54. The van der Waals surface area contributed by atoms with Crippen molar-refractivity contribution in [2.75, 3.05) is 33.8 Å². The van der Waals surface area contributed by atoms with Crippen LogP contribution in [0.2, 0.25) is 0 Å². The molecule has 0 radical (unpaired) electrons. The fourth-order valence-corrected chi connectivity index (χ4v) is 3.43. The van der Waals surface area contributed by atoms with Gasteiger partial charge in [0.25, 0.3) is 11.8 Å². The van der Waals surface area contributed by atoms with E-state index in [-0.39, 0.29) is 24.5 Å². The molecule has 0 saturated carbocycles. The molecule has 154 valence electrons. The van der Waals surface area contributed by atoms with Gasteiger partial charge in [-0.05, 0) is 43.1 Å². The Labute approximate surface area is 172 Å². The van der Waals surface area contributed by atoms with Crippen LogP contribution in [0, 0.1) is 0 Å². The van der Waals surface area contributed by atoms with Crippen LogP contribution < -0.4 is 10.1 Å². The third kappa shape index (κ3) is 6.32. The molecule has 6 nitrogen and oxygen atoms in total. The third-order valence-corrected chi connectivity index (χ3v) is 5.05. The number of carbonyl (C=O) groups excluding carboxylic acids is 2. The minimum Gasteiger partial charge on any atom is -0.484 e. The molecule has 29 heavy (non-hydrogen) atoms. The first-order valence-corrected chi connectivity index (χ1v) is 10.0. The van der Waals surface area contributed by atoms with E-state index >= 15 is 0 Å². The normalized spacial score (nSPS) is 16.8. The van der Waals surface area contributed by atoms with Crippen LogP contribution >= 0.6 is 0 Å². The number of ether oxygens (including phenoxy) is 1. The summed E-state index contributed by atoms with van der Waals surface area (Å²) in [5, 5.41) is 3.15. The molecule has 0 aromatic heterocycles. The minimum absolute atomic E-state index is 0.0465. The molecule has 2 aromatic rings. The molecule has 0 aliphatic carbocycles. The number of carbonyl (C=O) groups is 2. The summed E-state index contributed by atoms with van der Waals surface area (Å²) in [6, 6.07) is 17.5. The highest BCUT2D eigenvalue weighted by atomic mass is 16.5. The number of likely N-dealkylation sites (N-methyl/N-ethyl adjacent to an activating group) is 1. The van der Waals surface area contributed by atoms with E-state index in [1.54, 1.807) is 38.4 Å². The number of hydrogen-bond acceptors (Lipinski definition) is 4. The van der Waals surface area contributed by atoms with Gasteiger partial charge < -0.3 is 15.0 Å². The summed E-state index contributed by atoms with van der Waals surface area (Å²) < 4.78 is 5.51. The van der Waals surface area contributed by atoms with Gasteiger partial charge in [-0.3, -0.25) is 14.5 Å². The molecule has 1 aliphatic rings. The standard InChI is InChI=1S/C23H29N3O3/c1-25(2)22(27)17-29-21-12-6-10-19(14-21)23(28)24-20-11-7-13-26(16-20)15-18-8-4-3-5-9-18/h3-6,8-10,12,14,20H,7,11,13,15-17H2,1-2H3,(H,24,28). The number of benzene rings is 2. The number of likely N-dealkylation sites (tertiary alicyclic amines) is 1. The van der Waals surface area contributed by atoms with Crippen LogP contribution in [0.3, 0.4) is 0 Å². The van der Waals surface area contributed by atoms with Crippen LogP contribution in [0.5, 0.6) is 5.75 Å². The maximum atomic E-state index is 12.7. The zero-order valence-electron chi connectivity index (χ0n) is 17.1. The second-order valence-corrected chi connectivity index (χ2v) is 7.64. The Bertz CT molecular complexity index is 823. The minimum atomic E-state index is -0.124. The highest BCUT2D eigenvalue weighted by Gasteiger charge is 2.22. The Kier molecular flexibility index (Phi) is 7.25.